The van der Waals surface area contributed by atoms with Gasteiger partial charge in [-0.25, -0.2) is 9.97 Å². The smallest absolute Gasteiger partial charge is 0.272 e. The fraction of sp³-hybridized carbons (Fsp3) is 0.412. The largest absolute Gasteiger partial charge is 0.371 e. The maximum atomic E-state index is 12.5. The predicted octanol–water partition coefficient (Wildman–Crippen LogP) is 1.36. The Morgan fingerprint density at radius 3 is 2.83 bits per heavy atom. The van der Waals surface area contributed by atoms with E-state index in [4.69, 9.17) is 4.74 Å². The molecule has 0 aliphatic carbocycles. The van der Waals surface area contributed by atoms with Crippen LogP contribution in [0.2, 0.25) is 0 Å². The zero-order valence-corrected chi connectivity index (χ0v) is 13.3. The summed E-state index contributed by atoms with van der Waals surface area (Å²) in [6, 6.07) is 7.34. The Hall–Kier alpha value is -2.54. The topological polar surface area (TPSA) is 80.2 Å². The summed E-state index contributed by atoms with van der Waals surface area (Å²) < 4.78 is 6.07. The number of pyridine rings is 1. The number of ether oxygens (including phenoxy) is 1. The van der Waals surface area contributed by atoms with Gasteiger partial charge in [0.15, 0.2) is 0 Å². The molecule has 124 valence electrons. The number of amides is 1. The van der Waals surface area contributed by atoms with Crippen LogP contribution in [0.25, 0.3) is 0 Å². The summed E-state index contributed by atoms with van der Waals surface area (Å²) in [6.45, 7) is 1.91. The first-order valence-corrected chi connectivity index (χ1v) is 8.12. The van der Waals surface area contributed by atoms with E-state index in [2.05, 4.69) is 20.3 Å². The third-order valence-corrected chi connectivity index (χ3v) is 4.60. The molecule has 2 aliphatic rings. The third kappa shape index (κ3) is 2.94. The number of carbonyl (C=O) groups is 1. The summed E-state index contributed by atoms with van der Waals surface area (Å²) >= 11 is 0. The van der Waals surface area contributed by atoms with Crippen LogP contribution in [0, 0.1) is 0 Å². The lowest BCUT2D eigenvalue weighted by molar-refractivity contribution is 0.0124. The van der Waals surface area contributed by atoms with Gasteiger partial charge in [-0.05, 0) is 24.6 Å². The van der Waals surface area contributed by atoms with Gasteiger partial charge in [0.2, 0.25) is 5.95 Å². The molecule has 24 heavy (non-hydrogen) atoms. The summed E-state index contributed by atoms with van der Waals surface area (Å²) in [5.41, 5.74) is 0.219. The van der Waals surface area contributed by atoms with Gasteiger partial charge in [0.25, 0.3) is 5.91 Å². The molecule has 2 aromatic heterocycles. The van der Waals surface area contributed by atoms with Gasteiger partial charge in [0, 0.05) is 31.6 Å². The second kappa shape index (κ2) is 6.16. The monoisotopic (exact) mass is 325 g/mol. The van der Waals surface area contributed by atoms with Crippen molar-refractivity contribution >= 4 is 11.9 Å². The lowest BCUT2D eigenvalue weighted by atomic mass is 9.97. The summed E-state index contributed by atoms with van der Waals surface area (Å²) in [5, 5.41) is 3.30. The molecule has 0 radical (unpaired) electrons. The summed E-state index contributed by atoms with van der Waals surface area (Å²) in [5.74, 6) is 0.585. The molecule has 2 atom stereocenters. The quantitative estimate of drug-likeness (QED) is 0.918. The molecular weight excluding hydrogens is 306 g/mol. The van der Waals surface area contributed by atoms with Crippen molar-refractivity contribution in [3.05, 3.63) is 48.5 Å². The number of carbonyl (C=O) groups excluding carboxylic acids is 1. The fourth-order valence-electron chi connectivity index (χ4n) is 3.45. The van der Waals surface area contributed by atoms with E-state index >= 15 is 0 Å². The van der Waals surface area contributed by atoms with Crippen LogP contribution in [0.4, 0.5) is 5.95 Å². The Morgan fingerprint density at radius 2 is 2.04 bits per heavy atom. The predicted molar refractivity (Wildman–Crippen MR) is 87.5 cm³/mol. The van der Waals surface area contributed by atoms with Crippen LogP contribution in [0.5, 0.6) is 0 Å². The highest BCUT2D eigenvalue weighted by atomic mass is 16.5. The summed E-state index contributed by atoms with van der Waals surface area (Å²) in [4.78, 5) is 26.9. The van der Waals surface area contributed by atoms with E-state index in [9.17, 15) is 4.79 Å². The highest BCUT2D eigenvalue weighted by Gasteiger charge is 2.47. The number of aromatic nitrogens is 3. The fourth-order valence-corrected chi connectivity index (χ4v) is 3.45. The highest BCUT2D eigenvalue weighted by molar-refractivity contribution is 5.92. The molecule has 2 fully saturated rings. The van der Waals surface area contributed by atoms with E-state index in [1.807, 2.05) is 17.0 Å². The number of anilines is 1. The molecule has 2 aromatic rings. The standard InChI is InChI=1S/C17H19N5O2/c23-15(14-4-1-2-6-18-14)22-9-5-17(12-22)10-13(11-24-17)21-16-19-7-3-8-20-16/h1-4,6-8,13H,5,9-12H2,(H,19,20,21). The lowest BCUT2D eigenvalue weighted by Gasteiger charge is -2.23. The summed E-state index contributed by atoms with van der Waals surface area (Å²) in [6.07, 6.45) is 6.76. The SMILES string of the molecule is O=C(c1ccccn1)N1CCC2(CC(Nc3ncccn3)CO2)C1. The van der Waals surface area contributed by atoms with Gasteiger partial charge in [-0.2, -0.15) is 0 Å². The average molecular weight is 325 g/mol. The molecule has 7 nitrogen and oxygen atoms in total. The summed E-state index contributed by atoms with van der Waals surface area (Å²) in [7, 11) is 0. The van der Waals surface area contributed by atoms with Crippen molar-refractivity contribution < 1.29 is 9.53 Å². The van der Waals surface area contributed by atoms with E-state index in [1.54, 1.807) is 30.7 Å². The Morgan fingerprint density at radius 1 is 1.21 bits per heavy atom. The molecule has 1 spiro atoms. The van der Waals surface area contributed by atoms with E-state index in [0.717, 1.165) is 12.8 Å². The van der Waals surface area contributed by atoms with Crippen molar-refractivity contribution in [1.29, 1.82) is 0 Å². The molecular formula is C17H19N5O2. The molecule has 4 rings (SSSR count). The van der Waals surface area contributed by atoms with Crippen LogP contribution in [0.3, 0.4) is 0 Å². The van der Waals surface area contributed by atoms with Crippen molar-refractivity contribution in [3.8, 4) is 0 Å². The van der Waals surface area contributed by atoms with Crippen LogP contribution < -0.4 is 5.32 Å². The zero-order chi connectivity index (χ0) is 16.4. The number of rotatable bonds is 3. The maximum Gasteiger partial charge on any atom is 0.272 e. The van der Waals surface area contributed by atoms with E-state index < -0.39 is 0 Å². The van der Waals surface area contributed by atoms with Gasteiger partial charge in [-0.1, -0.05) is 6.07 Å². The average Bonchev–Trinajstić information content (AvgIpc) is 3.23. The number of nitrogens with zero attached hydrogens (tertiary/aromatic N) is 4. The maximum absolute atomic E-state index is 12.5. The minimum Gasteiger partial charge on any atom is -0.371 e. The molecule has 0 bridgehead atoms. The second-order valence-electron chi connectivity index (χ2n) is 6.30. The molecule has 7 heteroatoms. The zero-order valence-electron chi connectivity index (χ0n) is 13.3. The second-order valence-corrected chi connectivity index (χ2v) is 6.30. The van der Waals surface area contributed by atoms with Gasteiger partial charge < -0.3 is 15.0 Å². The van der Waals surface area contributed by atoms with Crippen molar-refractivity contribution in [2.45, 2.75) is 24.5 Å². The van der Waals surface area contributed by atoms with Gasteiger partial charge in [0.05, 0.1) is 24.8 Å². The molecule has 4 heterocycles. The van der Waals surface area contributed by atoms with Crippen LogP contribution >= 0.6 is 0 Å². The number of nitrogens with one attached hydrogen (secondary N) is 1. The molecule has 0 aromatic carbocycles. The van der Waals surface area contributed by atoms with Crippen molar-refractivity contribution in [1.82, 2.24) is 19.9 Å². The van der Waals surface area contributed by atoms with Gasteiger partial charge in [-0.3, -0.25) is 9.78 Å². The van der Waals surface area contributed by atoms with Crippen LogP contribution in [-0.2, 0) is 4.74 Å². The molecule has 2 saturated heterocycles. The van der Waals surface area contributed by atoms with Crippen LogP contribution in [0.1, 0.15) is 23.3 Å². The first kappa shape index (κ1) is 15.0. The Labute approximate surface area is 140 Å². The molecule has 1 N–H and O–H groups in total. The van der Waals surface area contributed by atoms with Gasteiger partial charge in [0.1, 0.15) is 5.69 Å². The van der Waals surface area contributed by atoms with E-state index in [1.165, 1.54) is 0 Å². The molecule has 1 amide bonds. The number of likely N-dealkylation sites (tertiary alicyclic amines) is 1. The minimum absolute atomic E-state index is 0.0288. The molecule has 0 saturated carbocycles. The van der Waals surface area contributed by atoms with Gasteiger partial charge in [-0.15, -0.1) is 0 Å². The van der Waals surface area contributed by atoms with Gasteiger partial charge >= 0.3 is 0 Å². The normalized spacial score (nSPS) is 26.0. The first-order valence-electron chi connectivity index (χ1n) is 8.12. The Kier molecular flexibility index (Phi) is 3.86. The number of hydrogen-bond donors (Lipinski definition) is 1. The first-order chi connectivity index (χ1) is 11.7. The highest BCUT2D eigenvalue weighted by Crippen LogP contribution is 2.36. The Bertz CT molecular complexity index is 711. The number of hydrogen-bond acceptors (Lipinski definition) is 6. The Balaban J connectivity index is 1.39. The van der Waals surface area contributed by atoms with Crippen molar-refractivity contribution in [2.75, 3.05) is 25.0 Å². The van der Waals surface area contributed by atoms with Crippen LogP contribution in [0.15, 0.2) is 42.9 Å². The van der Waals surface area contributed by atoms with Crippen LogP contribution in [-0.4, -0.2) is 57.1 Å². The van der Waals surface area contributed by atoms with Crippen molar-refractivity contribution in [3.63, 3.8) is 0 Å². The third-order valence-electron chi connectivity index (χ3n) is 4.60. The molecule has 2 unspecified atom stereocenters. The van der Waals surface area contributed by atoms with E-state index in [0.29, 0.717) is 31.3 Å². The lowest BCUT2D eigenvalue weighted by Crippen LogP contribution is -2.36. The molecule has 2 aliphatic heterocycles. The van der Waals surface area contributed by atoms with E-state index in [-0.39, 0.29) is 17.6 Å². The van der Waals surface area contributed by atoms with Crippen molar-refractivity contribution in [2.24, 2.45) is 0 Å². The minimum atomic E-state index is -0.267.